The summed E-state index contributed by atoms with van der Waals surface area (Å²) >= 11 is 0. The van der Waals surface area contributed by atoms with Crippen molar-refractivity contribution in [3.05, 3.63) is 111 Å². The Morgan fingerprint density at radius 2 is 1.14 bits per heavy atom. The second-order valence-corrected chi connectivity index (χ2v) is 22.1. The fraction of sp³-hybridized carbons (Fsp3) is 0.509. The normalized spacial score (nSPS) is 16.3. The summed E-state index contributed by atoms with van der Waals surface area (Å²) in [6, 6.07) is 14.4. The Kier molecular flexibility index (Phi) is 17.4. The monoisotopic (exact) mass is 1070 g/mol. The molecule has 4 aliphatic rings. The van der Waals surface area contributed by atoms with Gasteiger partial charge in [-0.25, -0.2) is 4.79 Å². The molecule has 0 atom stereocenters. The Morgan fingerprint density at radius 1 is 0.628 bits per heavy atom. The molecule has 6 aromatic heterocycles. The predicted octanol–water partition coefficient (Wildman–Crippen LogP) is 5.75. The van der Waals surface area contributed by atoms with Crippen molar-refractivity contribution in [1.82, 2.24) is 49.1 Å². The molecule has 416 valence electrons. The molecule has 6 aromatic rings. The number of carbonyl (C=O) groups is 2. The van der Waals surface area contributed by atoms with Crippen LogP contribution in [0.3, 0.4) is 0 Å². The van der Waals surface area contributed by atoms with E-state index in [9.17, 15) is 19.2 Å². The number of anilines is 1. The van der Waals surface area contributed by atoms with Crippen molar-refractivity contribution in [2.24, 2.45) is 0 Å². The number of nitrogens with zero attached hydrogens (tertiary/aromatic N) is 9. The summed E-state index contributed by atoms with van der Waals surface area (Å²) in [4.78, 5) is 75.5. The van der Waals surface area contributed by atoms with Gasteiger partial charge in [0.1, 0.15) is 37.6 Å². The average molecular weight is 1070 g/mol. The summed E-state index contributed by atoms with van der Waals surface area (Å²) in [5.41, 5.74) is 10.4. The number of carbonyl (C=O) groups excluding carboxylic acids is 2. The van der Waals surface area contributed by atoms with E-state index in [1.165, 1.54) is 6.07 Å². The van der Waals surface area contributed by atoms with Crippen molar-refractivity contribution in [2.45, 2.75) is 123 Å². The molecular weight excluding hydrogens is 999 g/mol. The summed E-state index contributed by atoms with van der Waals surface area (Å²) in [5, 5.41) is 3.62. The van der Waals surface area contributed by atoms with E-state index in [4.69, 9.17) is 34.2 Å². The minimum Gasteiger partial charge on any atom is -0.486 e. The molecule has 4 aliphatic heterocycles. The number of hydrogen-bond acceptors (Lipinski definition) is 18. The number of fused-ring (bicyclic) bond motifs is 4. The third-order valence-electron chi connectivity index (χ3n) is 13.9. The summed E-state index contributed by atoms with van der Waals surface area (Å²) in [6.07, 6.45) is 9.97. The van der Waals surface area contributed by atoms with Crippen molar-refractivity contribution in [3.8, 4) is 23.0 Å². The number of likely N-dealkylation sites (tertiary alicyclic amines) is 2. The van der Waals surface area contributed by atoms with Crippen LogP contribution >= 0.6 is 0 Å². The van der Waals surface area contributed by atoms with Gasteiger partial charge in [0.15, 0.2) is 23.0 Å². The van der Waals surface area contributed by atoms with Gasteiger partial charge >= 0.3 is 12.1 Å². The molecule has 21 heteroatoms. The molecule has 0 saturated carbocycles. The van der Waals surface area contributed by atoms with Crippen LogP contribution in [-0.4, -0.2) is 145 Å². The number of nitrogen functional groups attached to an aromatic ring is 1. The molecule has 2 fully saturated rings. The third kappa shape index (κ3) is 14.8. The smallest absolute Gasteiger partial charge is 0.410 e. The highest BCUT2D eigenvalue weighted by Gasteiger charge is 2.32. The Bertz CT molecular complexity index is 3190. The zero-order valence-electron chi connectivity index (χ0n) is 45.7. The van der Waals surface area contributed by atoms with Gasteiger partial charge in [-0.15, -0.1) is 0 Å². The van der Waals surface area contributed by atoms with E-state index in [0.717, 1.165) is 86.6 Å². The molecule has 2 saturated heterocycles. The lowest BCUT2D eigenvalue weighted by molar-refractivity contribution is -0.153. The first-order valence-corrected chi connectivity index (χ1v) is 27.0. The van der Waals surface area contributed by atoms with Gasteiger partial charge in [-0.3, -0.25) is 39.2 Å². The second-order valence-electron chi connectivity index (χ2n) is 22.1. The lowest BCUT2D eigenvalue weighted by Gasteiger charge is -2.39. The van der Waals surface area contributed by atoms with Crippen molar-refractivity contribution in [2.75, 3.05) is 71.4 Å². The largest absolute Gasteiger partial charge is 0.486 e. The van der Waals surface area contributed by atoms with E-state index in [-0.39, 0.29) is 35.6 Å². The standard InChI is InChI=1S/C34H45N5O7.C23H28N6O3/c1-33(2,3)45-31(41)18-23-17-27-26(36-20-23)7-8-30(40)38(27)14-13-37-11-9-25(10-12-37)39(32(42)46-34(4,5)6)22-24-19-28-29(21-35-24)44-16-15-43-28;24-16-11-20-19(27-13-16)1-2-23(30)29(20)8-7-28-5-3-17(4-6-28)25-14-18-12-21-22(15-26-18)32-10-9-31-21/h7-8,17,19-21,25H,9-16,18,22H2,1-6H3;1-2,11-13,15,17,25H,3-10,14,24H2. The molecule has 10 rings (SSSR count). The highest BCUT2D eigenvalue weighted by molar-refractivity contribution is 5.79. The average Bonchev–Trinajstić information content (AvgIpc) is 3.43. The molecule has 0 bridgehead atoms. The van der Waals surface area contributed by atoms with Crippen LogP contribution < -0.4 is 41.1 Å². The molecule has 0 spiro atoms. The van der Waals surface area contributed by atoms with Gasteiger partial charge in [-0.1, -0.05) is 0 Å². The van der Waals surface area contributed by atoms with E-state index in [1.807, 2.05) is 65.8 Å². The van der Waals surface area contributed by atoms with E-state index in [1.54, 1.807) is 57.0 Å². The quantitative estimate of drug-likeness (QED) is 0.124. The number of piperidine rings is 2. The van der Waals surface area contributed by atoms with E-state index < -0.39 is 11.2 Å². The molecule has 0 aliphatic carbocycles. The minimum absolute atomic E-state index is 0.0200. The number of rotatable bonds is 14. The molecule has 78 heavy (non-hydrogen) atoms. The van der Waals surface area contributed by atoms with Gasteiger partial charge in [0.25, 0.3) is 11.1 Å². The van der Waals surface area contributed by atoms with Crippen LogP contribution in [0.15, 0.2) is 82.9 Å². The Balaban J connectivity index is 0.000000202. The SMILES string of the molecule is CC(C)(C)OC(=O)Cc1cnc2ccc(=O)n(CCN3CCC(N(Cc4cc5c(cn4)OCCO5)C(=O)OC(C)(C)C)CC3)c2c1.Nc1cnc2ccc(=O)n(CCN3CCC(NCc4cc5c(cn4)OCCO5)CC3)c2c1. The first-order chi connectivity index (χ1) is 37.4. The third-order valence-corrected chi connectivity index (χ3v) is 13.9. The van der Waals surface area contributed by atoms with Gasteiger partial charge in [-0.2, -0.15) is 0 Å². The lowest BCUT2D eigenvalue weighted by Crippen LogP contribution is -2.49. The van der Waals surface area contributed by atoms with Gasteiger partial charge < -0.3 is 58.4 Å². The predicted molar refractivity (Wildman–Crippen MR) is 294 cm³/mol. The van der Waals surface area contributed by atoms with Gasteiger partial charge in [0, 0.05) is 88.4 Å². The van der Waals surface area contributed by atoms with Gasteiger partial charge in [0.05, 0.1) is 70.7 Å². The highest BCUT2D eigenvalue weighted by Crippen LogP contribution is 2.32. The Morgan fingerprint density at radius 3 is 1.72 bits per heavy atom. The number of aromatic nitrogens is 6. The molecule has 21 nitrogen and oxygen atoms in total. The van der Waals surface area contributed by atoms with Crippen molar-refractivity contribution < 1.29 is 38.0 Å². The first kappa shape index (κ1) is 55.4. The zero-order chi connectivity index (χ0) is 55.0. The number of amides is 1. The summed E-state index contributed by atoms with van der Waals surface area (Å²) in [6.45, 7) is 20.2. The van der Waals surface area contributed by atoms with Gasteiger partial charge in [-0.05, 0) is 110 Å². The van der Waals surface area contributed by atoms with Crippen molar-refractivity contribution in [3.63, 3.8) is 0 Å². The fourth-order valence-electron chi connectivity index (χ4n) is 10.0. The van der Waals surface area contributed by atoms with Crippen LogP contribution in [0.5, 0.6) is 23.0 Å². The Hall–Kier alpha value is -7.36. The zero-order valence-corrected chi connectivity index (χ0v) is 45.7. The molecule has 1 amide bonds. The molecular formula is C57H73N11O10. The molecule has 0 unspecified atom stereocenters. The van der Waals surface area contributed by atoms with E-state index >= 15 is 0 Å². The van der Waals surface area contributed by atoms with Crippen LogP contribution in [0, 0.1) is 0 Å². The van der Waals surface area contributed by atoms with E-state index in [0.29, 0.717) is 105 Å². The number of esters is 1. The molecule has 0 radical (unpaired) electrons. The van der Waals surface area contributed by atoms with Crippen molar-refractivity contribution in [1.29, 1.82) is 0 Å². The maximum absolute atomic E-state index is 13.4. The summed E-state index contributed by atoms with van der Waals surface area (Å²) < 4.78 is 37.3. The van der Waals surface area contributed by atoms with Crippen LogP contribution in [0.4, 0.5) is 10.5 Å². The minimum atomic E-state index is -0.635. The summed E-state index contributed by atoms with van der Waals surface area (Å²) in [7, 11) is 0. The number of hydrogen-bond donors (Lipinski definition) is 2. The number of nitrogens with one attached hydrogen (secondary N) is 1. The first-order valence-electron chi connectivity index (χ1n) is 27.0. The van der Waals surface area contributed by atoms with E-state index in [2.05, 4.69) is 35.1 Å². The maximum atomic E-state index is 13.4. The molecule has 3 N–H and O–H groups in total. The van der Waals surface area contributed by atoms with Crippen LogP contribution in [0.1, 0.15) is 84.2 Å². The topological polar surface area (TPSA) is 233 Å². The second kappa shape index (κ2) is 24.5. The number of ether oxygens (including phenoxy) is 6. The maximum Gasteiger partial charge on any atom is 0.410 e. The summed E-state index contributed by atoms with van der Waals surface area (Å²) in [5.74, 6) is 2.39. The molecule has 10 heterocycles. The van der Waals surface area contributed by atoms with Crippen molar-refractivity contribution >= 4 is 39.8 Å². The number of nitrogens with two attached hydrogens (primary N) is 1. The van der Waals surface area contributed by atoms with Gasteiger partial charge in [0.2, 0.25) is 0 Å². The van der Waals surface area contributed by atoms with Crippen LogP contribution in [0.25, 0.3) is 22.1 Å². The fourth-order valence-corrected chi connectivity index (χ4v) is 10.0. The molecule has 0 aromatic carbocycles. The lowest BCUT2D eigenvalue weighted by atomic mass is 10.0. The Labute approximate surface area is 453 Å². The number of pyridine rings is 6. The highest BCUT2D eigenvalue weighted by atomic mass is 16.6. The van der Waals surface area contributed by atoms with Crippen LogP contribution in [0.2, 0.25) is 0 Å². The van der Waals surface area contributed by atoms with Crippen LogP contribution in [-0.2, 0) is 46.9 Å².